The number of hydrogen-bond acceptors (Lipinski definition) is 7. The van der Waals surface area contributed by atoms with Crippen molar-refractivity contribution in [3.63, 3.8) is 0 Å². The number of carbonyl (C=O) groups excluding carboxylic acids is 2. The van der Waals surface area contributed by atoms with Gasteiger partial charge in [0.25, 0.3) is 0 Å². The van der Waals surface area contributed by atoms with Crippen molar-refractivity contribution < 1.29 is 19.3 Å². The molecule has 1 aromatic heterocycles. The average Bonchev–Trinajstić information content (AvgIpc) is 2.56. The van der Waals surface area contributed by atoms with Crippen LogP contribution in [-0.2, 0) is 22.5 Å². The first-order valence-electron chi connectivity index (χ1n) is 8.18. The first kappa shape index (κ1) is 18.7. The lowest BCUT2D eigenvalue weighted by molar-refractivity contribution is -0.118. The molecule has 0 amide bonds. The molecule has 1 saturated heterocycles. The van der Waals surface area contributed by atoms with E-state index in [9.17, 15) is 14.6 Å². The molecule has 1 aliphatic rings. The highest BCUT2D eigenvalue weighted by molar-refractivity contribution is 6.45. The molecular weight excluding hydrogens is 309 g/mol. The number of aromatic nitrogens is 1. The fourth-order valence-electron chi connectivity index (χ4n) is 3.00. The number of hydrogen-bond donors (Lipinski definition) is 3. The topological polar surface area (TPSA) is 129 Å². The van der Waals surface area contributed by atoms with Gasteiger partial charge in [-0.25, -0.2) is 0 Å². The lowest BCUT2D eigenvalue weighted by Crippen LogP contribution is -2.37. The third-order valence-corrected chi connectivity index (χ3v) is 4.35. The van der Waals surface area contributed by atoms with Crippen LogP contribution in [0.2, 0.25) is 5.82 Å². The normalized spacial score (nSPS) is 20.9. The average molecular weight is 333 g/mol. The van der Waals surface area contributed by atoms with Gasteiger partial charge >= 0.3 is 7.12 Å². The van der Waals surface area contributed by atoms with Crippen molar-refractivity contribution in [1.82, 2.24) is 4.98 Å². The molecule has 0 aliphatic carbocycles. The van der Waals surface area contributed by atoms with E-state index in [2.05, 4.69) is 4.98 Å². The molecule has 8 heteroatoms. The fourth-order valence-corrected chi connectivity index (χ4v) is 3.00. The minimum Gasteiger partial charge on any atom is -0.427 e. The summed E-state index contributed by atoms with van der Waals surface area (Å²) < 4.78 is 5.46. The molecule has 24 heavy (non-hydrogen) atoms. The molecule has 1 aliphatic heterocycles. The Kier molecular flexibility index (Phi) is 6.62. The molecule has 2 rings (SSSR count). The number of pyridine rings is 1. The molecule has 0 unspecified atom stereocenters. The molecule has 7 nitrogen and oxygen atoms in total. The van der Waals surface area contributed by atoms with Gasteiger partial charge in [-0.2, -0.15) is 0 Å². The molecule has 0 aromatic carbocycles. The molecule has 0 bridgehead atoms. The van der Waals surface area contributed by atoms with Crippen LogP contribution in [0.5, 0.6) is 0 Å². The van der Waals surface area contributed by atoms with Crippen LogP contribution >= 0.6 is 0 Å². The SMILES string of the molecule is CC(=O)C[C@@H]1CC[C@H](CC(=O)c2cnc(CN)c(CN)c2)B(O)O1. The lowest BCUT2D eigenvalue weighted by atomic mass is 9.64. The van der Waals surface area contributed by atoms with Gasteiger partial charge in [-0.3, -0.25) is 14.6 Å². The number of ketones is 2. The molecule has 2 heterocycles. The van der Waals surface area contributed by atoms with Crippen LogP contribution in [0, 0.1) is 0 Å². The van der Waals surface area contributed by atoms with Crippen molar-refractivity contribution in [1.29, 1.82) is 0 Å². The van der Waals surface area contributed by atoms with Crippen molar-refractivity contribution in [3.8, 4) is 0 Å². The molecule has 130 valence electrons. The largest absolute Gasteiger partial charge is 0.458 e. The first-order valence-corrected chi connectivity index (χ1v) is 8.18. The zero-order valence-electron chi connectivity index (χ0n) is 13.9. The minimum atomic E-state index is -1.03. The summed E-state index contributed by atoms with van der Waals surface area (Å²) in [5, 5.41) is 10.1. The molecule has 1 fully saturated rings. The van der Waals surface area contributed by atoms with Crippen LogP contribution in [0.3, 0.4) is 0 Å². The number of rotatable bonds is 7. The van der Waals surface area contributed by atoms with E-state index < -0.39 is 7.12 Å². The van der Waals surface area contributed by atoms with E-state index in [1.54, 1.807) is 6.07 Å². The number of Topliss-reactive ketones (excluding diaryl/α,β-unsaturated/α-hetero) is 2. The summed E-state index contributed by atoms with van der Waals surface area (Å²) in [6.07, 6.45) is 3.00. The van der Waals surface area contributed by atoms with Gasteiger partial charge in [0.05, 0.1) is 5.69 Å². The lowest BCUT2D eigenvalue weighted by Gasteiger charge is -2.30. The zero-order valence-corrected chi connectivity index (χ0v) is 13.9. The second-order valence-corrected chi connectivity index (χ2v) is 6.26. The van der Waals surface area contributed by atoms with E-state index in [1.165, 1.54) is 13.1 Å². The predicted molar refractivity (Wildman–Crippen MR) is 90.1 cm³/mol. The Morgan fingerprint density at radius 3 is 2.67 bits per heavy atom. The van der Waals surface area contributed by atoms with Gasteiger partial charge in [-0.05, 0) is 31.4 Å². The van der Waals surface area contributed by atoms with Crippen molar-refractivity contribution in [3.05, 3.63) is 29.1 Å². The predicted octanol–water partition coefficient (Wildman–Crippen LogP) is 0.581. The van der Waals surface area contributed by atoms with Gasteiger partial charge in [-0.15, -0.1) is 0 Å². The van der Waals surface area contributed by atoms with E-state index in [1.807, 2.05) is 0 Å². The fraction of sp³-hybridized carbons (Fsp3) is 0.562. The van der Waals surface area contributed by atoms with Crippen LogP contribution in [0.4, 0.5) is 0 Å². The second kappa shape index (κ2) is 8.48. The first-order chi connectivity index (χ1) is 11.4. The molecule has 0 saturated carbocycles. The van der Waals surface area contributed by atoms with Crippen LogP contribution in [0.15, 0.2) is 12.3 Å². The monoisotopic (exact) mass is 333 g/mol. The third kappa shape index (κ3) is 4.70. The Morgan fingerprint density at radius 1 is 1.33 bits per heavy atom. The summed E-state index contributed by atoms with van der Waals surface area (Å²) in [7, 11) is -1.03. The van der Waals surface area contributed by atoms with Crippen molar-refractivity contribution in [2.24, 2.45) is 11.5 Å². The van der Waals surface area contributed by atoms with Crippen molar-refractivity contribution in [2.75, 3.05) is 0 Å². The molecule has 5 N–H and O–H groups in total. The van der Waals surface area contributed by atoms with Crippen LogP contribution in [0.1, 0.15) is 54.2 Å². The van der Waals surface area contributed by atoms with Gasteiger partial charge in [0.15, 0.2) is 5.78 Å². The van der Waals surface area contributed by atoms with Gasteiger partial charge in [-0.1, -0.05) is 0 Å². The van der Waals surface area contributed by atoms with Crippen LogP contribution in [-0.4, -0.2) is 34.8 Å². The Hall–Kier alpha value is -1.61. The maximum absolute atomic E-state index is 12.5. The molecule has 0 spiro atoms. The van der Waals surface area contributed by atoms with Gasteiger partial charge in [0.2, 0.25) is 0 Å². The second-order valence-electron chi connectivity index (χ2n) is 6.26. The summed E-state index contributed by atoms with van der Waals surface area (Å²) in [5.74, 6) is -0.364. The zero-order chi connectivity index (χ0) is 17.7. The Balaban J connectivity index is 1.99. The van der Waals surface area contributed by atoms with Crippen molar-refractivity contribution >= 4 is 18.7 Å². The summed E-state index contributed by atoms with van der Waals surface area (Å²) in [4.78, 5) is 27.8. The highest BCUT2D eigenvalue weighted by Gasteiger charge is 2.36. The van der Waals surface area contributed by atoms with Crippen LogP contribution in [0.25, 0.3) is 0 Å². The number of nitrogens with zero attached hydrogens (tertiary/aromatic N) is 1. The van der Waals surface area contributed by atoms with Crippen LogP contribution < -0.4 is 11.5 Å². The quantitative estimate of drug-likeness (QED) is 0.492. The molecule has 2 atom stereocenters. The molecule has 0 radical (unpaired) electrons. The maximum Gasteiger partial charge on any atom is 0.458 e. The summed E-state index contributed by atoms with van der Waals surface area (Å²) in [6, 6.07) is 1.71. The van der Waals surface area contributed by atoms with E-state index in [4.69, 9.17) is 16.1 Å². The van der Waals surface area contributed by atoms with E-state index in [0.29, 0.717) is 30.5 Å². The van der Waals surface area contributed by atoms with Crippen molar-refractivity contribution in [2.45, 2.75) is 57.6 Å². The summed E-state index contributed by atoms with van der Waals surface area (Å²) in [5.41, 5.74) is 13.2. The summed E-state index contributed by atoms with van der Waals surface area (Å²) >= 11 is 0. The third-order valence-electron chi connectivity index (χ3n) is 4.35. The number of carbonyl (C=O) groups is 2. The Morgan fingerprint density at radius 2 is 2.08 bits per heavy atom. The van der Waals surface area contributed by atoms with Gasteiger partial charge in [0, 0.05) is 49.6 Å². The smallest absolute Gasteiger partial charge is 0.427 e. The standard InChI is InChI=1S/C16H24BN3O4/c1-10(21)4-14-3-2-13(17(23)24-14)6-16(22)12-5-11(7-18)15(8-19)20-9-12/h5,9,13-14,23H,2-4,6-8,18-19H2,1H3/t13-,14+/m1/s1. The highest BCUT2D eigenvalue weighted by Crippen LogP contribution is 2.31. The Labute approximate surface area is 141 Å². The van der Waals surface area contributed by atoms with Gasteiger partial charge < -0.3 is 21.1 Å². The molecular formula is C16H24BN3O4. The minimum absolute atomic E-state index is 0.0297. The highest BCUT2D eigenvalue weighted by atomic mass is 16.5. The molecule has 1 aromatic rings. The summed E-state index contributed by atoms with van der Waals surface area (Å²) in [6.45, 7) is 2.04. The van der Waals surface area contributed by atoms with E-state index in [0.717, 1.165) is 5.56 Å². The van der Waals surface area contributed by atoms with E-state index >= 15 is 0 Å². The van der Waals surface area contributed by atoms with E-state index in [-0.39, 0.29) is 43.0 Å². The maximum atomic E-state index is 12.5. The van der Waals surface area contributed by atoms with Gasteiger partial charge in [0.1, 0.15) is 5.78 Å². The number of nitrogens with two attached hydrogens (primary N) is 2. The Bertz CT molecular complexity index is 611.